The van der Waals surface area contributed by atoms with E-state index in [1.165, 1.54) is 12.5 Å². The Kier molecular flexibility index (Phi) is 6.48. The molecule has 1 atom stereocenters. The summed E-state index contributed by atoms with van der Waals surface area (Å²) in [5.74, 6) is 1.60. The largest absolute Gasteiger partial charge is 0.484 e. The first kappa shape index (κ1) is 20.8. The lowest BCUT2D eigenvalue weighted by Crippen LogP contribution is -2.19. The maximum absolute atomic E-state index is 13.4. The lowest BCUT2D eigenvalue weighted by molar-refractivity contribution is 0.162. The van der Waals surface area contributed by atoms with Crippen LogP contribution in [0.2, 0.25) is 0 Å². The number of hydrogen-bond acceptors (Lipinski definition) is 7. The molecule has 4 heterocycles. The number of aryl methyl sites for hydroxylation is 1. The van der Waals surface area contributed by atoms with E-state index in [-0.39, 0.29) is 19.4 Å². The minimum atomic E-state index is -0.475. The van der Waals surface area contributed by atoms with E-state index in [0.717, 1.165) is 11.1 Å². The molecule has 1 N–H and O–H groups in total. The second-order valence-corrected chi connectivity index (χ2v) is 6.63. The number of pyridine rings is 2. The monoisotopic (exact) mass is 415 g/mol. The first-order chi connectivity index (χ1) is 13.6. The highest BCUT2D eigenvalue weighted by Crippen LogP contribution is 2.35. The molecule has 0 saturated carbocycles. The zero-order chi connectivity index (χ0) is 19.5. The maximum Gasteiger partial charge on any atom is 0.257 e. The highest BCUT2D eigenvalue weighted by Gasteiger charge is 2.20. The van der Waals surface area contributed by atoms with Crippen LogP contribution in [-0.4, -0.2) is 39.7 Å². The summed E-state index contributed by atoms with van der Waals surface area (Å²) in [6.45, 7) is 5.44. The average molecular weight is 415 g/mol. The molecule has 0 radical (unpaired) electrons. The van der Waals surface area contributed by atoms with Crippen LogP contribution in [0.4, 0.5) is 10.2 Å². The molecule has 0 unspecified atom stereocenters. The lowest BCUT2D eigenvalue weighted by atomic mass is 10.0. The van der Waals surface area contributed by atoms with Gasteiger partial charge in [-0.15, -0.1) is 0 Å². The maximum atomic E-state index is 13.4. The van der Waals surface area contributed by atoms with Crippen LogP contribution in [0.3, 0.4) is 0 Å². The van der Waals surface area contributed by atoms with Gasteiger partial charge in [-0.25, -0.2) is 19.9 Å². The van der Waals surface area contributed by atoms with Crippen molar-refractivity contribution in [2.75, 3.05) is 25.1 Å². The number of fused-ring (bicyclic) bond motifs is 1. The van der Waals surface area contributed by atoms with E-state index in [1.54, 1.807) is 19.2 Å². The summed E-state index contributed by atoms with van der Waals surface area (Å²) in [7, 11) is 0. The van der Waals surface area contributed by atoms with E-state index in [2.05, 4.69) is 32.2 Å². The number of nitrogens with zero attached hydrogens (tertiary/aromatic N) is 4. The Hall–Kier alpha value is -2.94. The van der Waals surface area contributed by atoms with Crippen molar-refractivity contribution in [2.24, 2.45) is 0 Å². The first-order valence-electron chi connectivity index (χ1n) is 9.05. The molecule has 7 nitrogen and oxygen atoms in total. The topological polar surface area (TPSA) is 82.1 Å². The summed E-state index contributed by atoms with van der Waals surface area (Å²) in [6.07, 6.45) is 4.68. The van der Waals surface area contributed by atoms with Gasteiger partial charge in [-0.2, -0.15) is 17.9 Å². The summed E-state index contributed by atoms with van der Waals surface area (Å²) >= 11 is 0. The Morgan fingerprint density at radius 3 is 2.79 bits per heavy atom. The molecule has 0 aliphatic carbocycles. The zero-order valence-electron chi connectivity index (χ0n) is 16.1. The summed E-state index contributed by atoms with van der Waals surface area (Å²) in [4.78, 5) is 16.5. The Morgan fingerprint density at radius 2 is 1.97 bits per heavy atom. The van der Waals surface area contributed by atoms with Crippen molar-refractivity contribution in [1.29, 1.82) is 0 Å². The quantitative estimate of drug-likeness (QED) is 0.639. The van der Waals surface area contributed by atoms with Crippen molar-refractivity contribution >= 4 is 19.3 Å². The molecule has 0 spiro atoms. The Bertz CT molecular complexity index is 1000. The molecule has 1 aliphatic heterocycles. The number of nitrogens with one attached hydrogen (secondary N) is 1. The van der Waals surface area contributed by atoms with Crippen molar-refractivity contribution < 1.29 is 13.9 Å². The molecule has 4 rings (SSSR count). The SMILES string of the molecule is Cc1cc(-c2cc(NC[C@@H](C)c3ccnc4c3OCCO4)ncn2)cnc1F.S. The smallest absolute Gasteiger partial charge is 0.257 e. The van der Waals surface area contributed by atoms with Gasteiger partial charge >= 0.3 is 0 Å². The van der Waals surface area contributed by atoms with Gasteiger partial charge in [0.15, 0.2) is 5.75 Å². The van der Waals surface area contributed by atoms with Crippen LogP contribution in [0.15, 0.2) is 36.9 Å². The van der Waals surface area contributed by atoms with Crippen LogP contribution in [0.5, 0.6) is 11.6 Å². The van der Waals surface area contributed by atoms with Gasteiger partial charge in [0, 0.05) is 47.6 Å². The van der Waals surface area contributed by atoms with Crippen molar-refractivity contribution in [3.63, 3.8) is 0 Å². The molecule has 0 amide bonds. The summed E-state index contributed by atoms with van der Waals surface area (Å²) in [5, 5.41) is 3.32. The standard InChI is InChI=1S/C20H20FN5O2.H2S/c1-12-7-14(10-24-19(12)21)16-8-17(26-11-25-16)23-9-13(2)15-3-4-22-20-18(15)27-5-6-28-20;/h3-4,7-8,10-11,13H,5-6,9H2,1-2H3,(H,23,25,26);1H2/t13-;/m1./s1. The first-order valence-corrected chi connectivity index (χ1v) is 9.05. The lowest BCUT2D eigenvalue weighted by Gasteiger charge is -2.22. The van der Waals surface area contributed by atoms with Gasteiger partial charge < -0.3 is 14.8 Å². The van der Waals surface area contributed by atoms with Crippen molar-refractivity contribution in [3.05, 3.63) is 54.0 Å². The van der Waals surface area contributed by atoms with E-state index in [0.29, 0.717) is 48.5 Å². The highest BCUT2D eigenvalue weighted by atomic mass is 32.1. The molecule has 0 aromatic carbocycles. The van der Waals surface area contributed by atoms with Crippen LogP contribution in [0, 0.1) is 12.9 Å². The van der Waals surface area contributed by atoms with E-state index in [4.69, 9.17) is 9.47 Å². The minimum Gasteiger partial charge on any atom is -0.484 e. The van der Waals surface area contributed by atoms with E-state index in [9.17, 15) is 4.39 Å². The van der Waals surface area contributed by atoms with E-state index < -0.39 is 5.95 Å². The molecule has 0 fully saturated rings. The summed E-state index contributed by atoms with van der Waals surface area (Å²) in [6, 6.07) is 5.48. The van der Waals surface area contributed by atoms with Gasteiger partial charge in [-0.1, -0.05) is 6.92 Å². The van der Waals surface area contributed by atoms with Crippen molar-refractivity contribution in [2.45, 2.75) is 19.8 Å². The van der Waals surface area contributed by atoms with Crippen LogP contribution < -0.4 is 14.8 Å². The molecule has 9 heteroatoms. The number of ether oxygens (including phenoxy) is 2. The molecule has 0 bridgehead atoms. The summed E-state index contributed by atoms with van der Waals surface area (Å²) < 4.78 is 24.7. The molecule has 1 aliphatic rings. The molecular formula is C20H22FN5O2S. The molecule has 152 valence electrons. The number of anilines is 1. The van der Waals surface area contributed by atoms with Gasteiger partial charge in [0.05, 0.1) is 5.69 Å². The van der Waals surface area contributed by atoms with Gasteiger partial charge in [-0.05, 0) is 19.1 Å². The van der Waals surface area contributed by atoms with Gasteiger partial charge in [0.1, 0.15) is 25.4 Å². The van der Waals surface area contributed by atoms with Crippen LogP contribution >= 0.6 is 13.5 Å². The number of halogens is 1. The number of hydrogen-bond donors (Lipinski definition) is 1. The fourth-order valence-electron chi connectivity index (χ4n) is 3.04. The molecular weight excluding hydrogens is 393 g/mol. The molecule has 3 aromatic rings. The third-order valence-corrected chi connectivity index (χ3v) is 4.57. The second-order valence-electron chi connectivity index (χ2n) is 6.63. The van der Waals surface area contributed by atoms with Crippen LogP contribution in [0.25, 0.3) is 11.3 Å². The molecule has 0 saturated heterocycles. The van der Waals surface area contributed by atoms with E-state index in [1.807, 2.05) is 12.1 Å². The second kappa shape index (κ2) is 9.04. The van der Waals surface area contributed by atoms with Gasteiger partial charge in [0.25, 0.3) is 5.88 Å². The number of rotatable bonds is 5. The molecule has 29 heavy (non-hydrogen) atoms. The fraction of sp³-hybridized carbons (Fsp3) is 0.300. The summed E-state index contributed by atoms with van der Waals surface area (Å²) in [5.41, 5.74) is 2.93. The predicted octanol–water partition coefficient (Wildman–Crippen LogP) is 3.48. The van der Waals surface area contributed by atoms with Gasteiger partial charge in [0.2, 0.25) is 5.95 Å². The Morgan fingerprint density at radius 1 is 1.14 bits per heavy atom. The van der Waals surface area contributed by atoms with Gasteiger partial charge in [-0.3, -0.25) is 0 Å². The third-order valence-electron chi connectivity index (χ3n) is 4.57. The van der Waals surface area contributed by atoms with Crippen molar-refractivity contribution in [3.8, 4) is 22.9 Å². The Balaban J connectivity index is 0.00000240. The third kappa shape index (κ3) is 4.56. The van der Waals surface area contributed by atoms with Crippen molar-refractivity contribution in [1.82, 2.24) is 19.9 Å². The average Bonchev–Trinajstić information content (AvgIpc) is 2.74. The predicted molar refractivity (Wildman–Crippen MR) is 112 cm³/mol. The highest BCUT2D eigenvalue weighted by molar-refractivity contribution is 7.59. The van der Waals surface area contributed by atoms with E-state index >= 15 is 0 Å². The molecule has 3 aromatic heterocycles. The van der Waals surface area contributed by atoms with Crippen LogP contribution in [-0.2, 0) is 0 Å². The van der Waals surface area contributed by atoms with Crippen LogP contribution in [0.1, 0.15) is 24.0 Å². The zero-order valence-corrected chi connectivity index (χ0v) is 17.1. The fourth-order valence-corrected chi connectivity index (χ4v) is 3.04. The Labute approximate surface area is 175 Å². The number of aromatic nitrogens is 4. The normalized spacial score (nSPS) is 13.3. The minimum absolute atomic E-state index is 0.